The predicted octanol–water partition coefficient (Wildman–Crippen LogP) is -4.04. The maximum Gasteiger partial charge on any atom is 1.00 e. The van der Waals surface area contributed by atoms with Crippen LogP contribution in [0.4, 0.5) is 0 Å². The van der Waals surface area contributed by atoms with Gasteiger partial charge in [-0.3, -0.25) is 4.21 Å². The number of hydrazine groups is 1. The van der Waals surface area contributed by atoms with Crippen molar-refractivity contribution in [2.24, 2.45) is 0 Å². The Labute approximate surface area is 74.8 Å². The third-order valence-corrected chi connectivity index (χ3v) is 0.771. The Hall–Kier alpha value is 1.03. The molecule has 0 saturated carbocycles. The van der Waals surface area contributed by atoms with Crippen LogP contribution in [0.2, 0.25) is 0 Å². The minimum atomic E-state index is -2.17. The van der Waals surface area contributed by atoms with E-state index in [2.05, 4.69) is 4.83 Å². The van der Waals surface area contributed by atoms with Crippen molar-refractivity contribution in [2.75, 3.05) is 14.1 Å². The molecule has 0 aromatic carbocycles. The molecule has 6 heteroatoms. The molecule has 46 valence electrons. The van der Waals surface area contributed by atoms with Crippen LogP contribution < -0.4 is 34.4 Å². The van der Waals surface area contributed by atoms with E-state index in [1.54, 1.807) is 14.1 Å². The van der Waals surface area contributed by atoms with Crippen LogP contribution in [0.5, 0.6) is 0 Å². The van der Waals surface area contributed by atoms with Crippen LogP contribution >= 0.6 is 0 Å². The van der Waals surface area contributed by atoms with E-state index < -0.39 is 11.3 Å². The monoisotopic (exact) mass is 147 g/mol. The second-order valence-electron chi connectivity index (χ2n) is 1.22. The molecule has 0 aliphatic heterocycles. The molecule has 0 aromatic heterocycles. The average molecular weight is 147 g/mol. The number of nitrogens with one attached hydrogen (secondary N) is 1. The molecule has 0 fully saturated rings. The van der Waals surface area contributed by atoms with Crippen molar-refractivity contribution in [1.82, 2.24) is 9.84 Å². The van der Waals surface area contributed by atoms with Crippen molar-refractivity contribution in [3.8, 4) is 0 Å². The molecule has 0 spiro atoms. The van der Waals surface area contributed by atoms with E-state index in [-0.39, 0.29) is 31.0 Å². The Morgan fingerprint density at radius 2 is 2.12 bits per heavy atom. The summed E-state index contributed by atoms with van der Waals surface area (Å²) in [6.45, 7) is 0. The van der Waals surface area contributed by atoms with Gasteiger partial charge < -0.3 is 5.98 Å². The summed E-state index contributed by atoms with van der Waals surface area (Å²) in [6, 6.07) is 0. The van der Waals surface area contributed by atoms with Crippen molar-refractivity contribution < 1.29 is 39.7 Å². The summed E-state index contributed by atoms with van der Waals surface area (Å²) in [4.78, 5) is 2.06. The second-order valence-corrected chi connectivity index (χ2v) is 1.87. The first-order valence-electron chi connectivity index (χ1n) is 1.66. The van der Waals surface area contributed by atoms with Crippen LogP contribution in [-0.2, 0) is 11.3 Å². The van der Waals surface area contributed by atoms with Gasteiger partial charge in [0.15, 0.2) is 0 Å². The first-order chi connectivity index (χ1) is 3.13. The normalized spacial score (nSPS) is 13.0. The van der Waals surface area contributed by atoms with Crippen LogP contribution in [0, 0.1) is 0 Å². The Bertz CT molecular complexity index is 83.0. The summed E-state index contributed by atoms with van der Waals surface area (Å²) in [5.74, 6) is 0. The quantitative estimate of drug-likeness (QED) is 0.246. The van der Waals surface area contributed by atoms with Crippen molar-refractivity contribution >= 4 is 11.3 Å². The maximum atomic E-state index is 9.66. The number of hydrogen-bond acceptors (Lipinski definition) is 3. The molecule has 0 amide bonds. The third kappa shape index (κ3) is 10.1. The van der Waals surface area contributed by atoms with Gasteiger partial charge >= 0.3 is 29.6 Å². The van der Waals surface area contributed by atoms with Crippen LogP contribution in [0.15, 0.2) is 0 Å². The smallest absolute Gasteiger partial charge is 1.00 e. The van der Waals surface area contributed by atoms with Crippen LogP contribution in [0.1, 0.15) is 1.43 Å². The molecule has 0 rings (SSSR count). The largest absolute Gasteiger partial charge is 1.00 e. The van der Waals surface area contributed by atoms with Gasteiger partial charge in [-0.15, -0.1) is 0 Å². The molecule has 1 atom stereocenters. The van der Waals surface area contributed by atoms with Crippen molar-refractivity contribution in [1.29, 1.82) is 0 Å². The molecule has 8 heavy (non-hydrogen) atoms. The van der Waals surface area contributed by atoms with Crippen LogP contribution in [0.25, 0.3) is 0 Å². The van der Waals surface area contributed by atoms with Gasteiger partial charge in [0.2, 0.25) is 0 Å². The molecular weight excluding hydrogens is 139 g/mol. The second kappa shape index (κ2) is 6.15. The van der Waals surface area contributed by atoms with Gasteiger partial charge in [0.05, 0.1) is 0 Å². The summed E-state index contributed by atoms with van der Waals surface area (Å²) in [5, 5.41) is 1.34. The minimum Gasteiger partial charge on any atom is -1.00 e. The van der Waals surface area contributed by atoms with E-state index in [1.165, 1.54) is 5.01 Å². The Morgan fingerprint density at radius 3 is 2.12 bits per heavy atom. The average Bonchev–Trinajstić information content (AvgIpc) is 1.27. The molecule has 4 nitrogen and oxygen atoms in total. The molecule has 0 bridgehead atoms. The molecule has 0 saturated heterocycles. The van der Waals surface area contributed by atoms with Gasteiger partial charge in [-0.2, -0.15) is 4.83 Å². The first-order valence-corrected chi connectivity index (χ1v) is 2.73. The van der Waals surface area contributed by atoms with Crippen molar-refractivity contribution in [3.05, 3.63) is 0 Å². The van der Waals surface area contributed by atoms with E-state index in [0.717, 1.165) is 0 Å². The molecule has 1 unspecified atom stereocenters. The third-order valence-electron chi connectivity index (χ3n) is 0.257. The number of hydrogen-bond donors (Lipinski definition) is 1. The van der Waals surface area contributed by atoms with Gasteiger partial charge in [0.1, 0.15) is 0 Å². The number of rotatable bonds is 2. The molecular formula is C2H8N2NaO2S-. The fraction of sp³-hybridized carbons (Fsp3) is 1.00. The van der Waals surface area contributed by atoms with E-state index in [1.807, 2.05) is 0 Å². The fourth-order valence-corrected chi connectivity index (χ4v) is 0.447. The zero-order valence-electron chi connectivity index (χ0n) is 6.17. The molecule has 0 aliphatic carbocycles. The van der Waals surface area contributed by atoms with E-state index in [4.69, 9.17) is 0 Å². The molecule has 0 aliphatic rings. The van der Waals surface area contributed by atoms with Gasteiger partial charge in [-0.1, -0.05) is 0 Å². The Balaban J connectivity index is -0.000000180. The van der Waals surface area contributed by atoms with Crippen LogP contribution in [0.3, 0.4) is 0 Å². The van der Waals surface area contributed by atoms with E-state index in [0.29, 0.717) is 0 Å². The first kappa shape index (κ1) is 11.8. The van der Waals surface area contributed by atoms with Gasteiger partial charge in [-0.05, 0) is 0 Å². The van der Waals surface area contributed by atoms with E-state index in [9.17, 15) is 8.76 Å². The summed E-state index contributed by atoms with van der Waals surface area (Å²) in [6.07, 6.45) is 0. The molecule has 0 radical (unpaired) electrons. The zero-order valence-corrected chi connectivity index (χ0v) is 7.99. The topological polar surface area (TPSA) is 55.4 Å². The predicted molar refractivity (Wildman–Crippen MR) is 26.9 cm³/mol. The molecule has 0 heterocycles. The maximum absolute atomic E-state index is 9.66. The summed E-state index contributed by atoms with van der Waals surface area (Å²) < 4.78 is 19.3. The summed E-state index contributed by atoms with van der Waals surface area (Å²) >= 11 is -2.17. The summed E-state index contributed by atoms with van der Waals surface area (Å²) in [7, 11) is 3.19. The summed E-state index contributed by atoms with van der Waals surface area (Å²) in [5.41, 5.74) is 0. The van der Waals surface area contributed by atoms with Gasteiger partial charge in [0, 0.05) is 25.4 Å². The van der Waals surface area contributed by atoms with Crippen molar-refractivity contribution in [2.45, 2.75) is 0 Å². The molecule has 1 N–H and O–H groups in total. The molecule has 0 aromatic rings. The van der Waals surface area contributed by atoms with Gasteiger partial charge in [0.25, 0.3) is 0 Å². The Kier molecular flexibility index (Phi) is 9.06. The number of nitrogens with zero attached hydrogens (tertiary/aromatic N) is 1. The van der Waals surface area contributed by atoms with E-state index >= 15 is 0 Å². The van der Waals surface area contributed by atoms with Crippen molar-refractivity contribution in [3.63, 3.8) is 0 Å². The van der Waals surface area contributed by atoms with Gasteiger partial charge in [-0.25, -0.2) is 5.01 Å². The SMILES string of the molecule is CN(C)NS(=O)[O-].[H-].[Na+]. The van der Waals surface area contributed by atoms with Crippen LogP contribution in [-0.4, -0.2) is 27.9 Å². The zero-order chi connectivity index (χ0) is 5.86. The standard InChI is InChI=1S/C2H8N2O2S.Na.H/c1-4(2)3-7(5)6;;/h3H,1-2H3,(H,5,6);;/q;+1;-1/p-1. The minimum absolute atomic E-state index is 0. The fourth-order valence-electron chi connectivity index (χ4n) is 0.149. The Morgan fingerprint density at radius 1 is 1.75 bits per heavy atom.